The summed E-state index contributed by atoms with van der Waals surface area (Å²) in [5.41, 5.74) is 7.31. The molecule has 0 spiro atoms. The molecule has 0 saturated heterocycles. The molecule has 0 saturated carbocycles. The molecule has 0 aliphatic carbocycles. The Bertz CT molecular complexity index is 995. The normalized spacial score (nSPS) is 12.4. The molecular formula is C24H28Cl2N2O8. The van der Waals surface area contributed by atoms with Gasteiger partial charge in [0.05, 0.1) is 34.4 Å². The molecule has 0 radical (unpaired) electrons. The maximum absolute atomic E-state index is 11.4. The van der Waals surface area contributed by atoms with E-state index in [0.29, 0.717) is 60.5 Å². The van der Waals surface area contributed by atoms with E-state index in [1.165, 1.54) is 0 Å². The molecule has 2 aromatic rings. The first-order valence-electron chi connectivity index (χ1n) is 10.7. The second-order valence-electron chi connectivity index (χ2n) is 7.33. The monoisotopic (exact) mass is 542 g/mol. The van der Waals surface area contributed by atoms with Gasteiger partial charge in [-0.15, -0.1) is 0 Å². The number of hydrogen-bond acceptors (Lipinski definition) is 7. The summed E-state index contributed by atoms with van der Waals surface area (Å²) in [6, 6.07) is 12.3. The summed E-state index contributed by atoms with van der Waals surface area (Å²) < 4.78 is 5.51. The van der Waals surface area contributed by atoms with Gasteiger partial charge in [-0.25, -0.2) is 9.59 Å². The largest absolute Gasteiger partial charge is 0.481 e. The van der Waals surface area contributed by atoms with Gasteiger partial charge in [-0.3, -0.25) is 4.79 Å². The minimum atomic E-state index is -1.26. The van der Waals surface area contributed by atoms with E-state index < -0.39 is 29.9 Å². The van der Waals surface area contributed by atoms with Crippen LogP contribution in [0.25, 0.3) is 0 Å². The van der Waals surface area contributed by atoms with Crippen LogP contribution in [0.15, 0.2) is 54.6 Å². The molecule has 10 nitrogen and oxygen atoms in total. The first-order valence-corrected chi connectivity index (χ1v) is 11.4. The quantitative estimate of drug-likeness (QED) is 0.125. The van der Waals surface area contributed by atoms with E-state index in [4.69, 9.17) is 43.9 Å². The van der Waals surface area contributed by atoms with Crippen LogP contribution in [-0.2, 0) is 19.1 Å². The highest BCUT2D eigenvalue weighted by molar-refractivity contribution is 6.38. The van der Waals surface area contributed by atoms with Crippen molar-refractivity contribution in [1.29, 1.82) is 0 Å². The summed E-state index contributed by atoms with van der Waals surface area (Å²) in [6.07, 6.45) is 0.722. The highest BCUT2D eigenvalue weighted by Crippen LogP contribution is 2.31. The SMILES string of the molecule is Nc1c(Cl)cc(C(O)CNCCOCCC(C(=O)O)c2ccccc2)cc1Cl.O=C(O)/C=C/C(=O)O. The predicted octanol–water partition coefficient (Wildman–Crippen LogP) is 3.19. The lowest BCUT2D eigenvalue weighted by Gasteiger charge is -2.15. The zero-order valence-corrected chi connectivity index (χ0v) is 20.7. The first kappa shape index (κ1) is 30.9. The molecule has 36 heavy (non-hydrogen) atoms. The minimum absolute atomic E-state index is 0.288. The Balaban J connectivity index is 0.000000697. The van der Waals surface area contributed by atoms with Crippen molar-refractivity contribution in [3.63, 3.8) is 0 Å². The van der Waals surface area contributed by atoms with E-state index in [-0.39, 0.29) is 5.69 Å². The van der Waals surface area contributed by atoms with Crippen molar-refractivity contribution in [2.24, 2.45) is 0 Å². The van der Waals surface area contributed by atoms with Crippen LogP contribution in [0, 0.1) is 0 Å². The zero-order chi connectivity index (χ0) is 27.1. The van der Waals surface area contributed by atoms with Gasteiger partial charge in [0.1, 0.15) is 0 Å². The van der Waals surface area contributed by atoms with E-state index in [1.807, 2.05) is 18.2 Å². The number of nitrogens with two attached hydrogens (primary N) is 1. The average Bonchev–Trinajstić information content (AvgIpc) is 2.83. The van der Waals surface area contributed by atoms with Gasteiger partial charge in [-0.05, 0) is 29.7 Å². The lowest BCUT2D eigenvalue weighted by atomic mass is 9.96. The number of halogens is 2. The van der Waals surface area contributed by atoms with Crippen LogP contribution < -0.4 is 11.1 Å². The van der Waals surface area contributed by atoms with Gasteiger partial charge in [-0.2, -0.15) is 0 Å². The molecule has 2 atom stereocenters. The van der Waals surface area contributed by atoms with Crippen molar-refractivity contribution in [3.8, 4) is 0 Å². The first-order chi connectivity index (χ1) is 17.0. The number of aliphatic hydroxyl groups excluding tert-OH is 1. The molecule has 0 aliphatic heterocycles. The van der Waals surface area contributed by atoms with Crippen LogP contribution in [-0.4, -0.2) is 64.6 Å². The number of carboxylic acids is 3. The molecular weight excluding hydrogens is 515 g/mol. The van der Waals surface area contributed by atoms with Crippen LogP contribution >= 0.6 is 23.2 Å². The molecule has 12 heteroatoms. The molecule has 2 aromatic carbocycles. The van der Waals surface area contributed by atoms with E-state index >= 15 is 0 Å². The summed E-state index contributed by atoms with van der Waals surface area (Å²) in [5, 5.41) is 38.9. The Morgan fingerprint density at radius 2 is 1.50 bits per heavy atom. The van der Waals surface area contributed by atoms with Crippen molar-refractivity contribution >= 4 is 46.8 Å². The van der Waals surface area contributed by atoms with Crippen molar-refractivity contribution < 1.29 is 39.5 Å². The fraction of sp³-hybridized carbons (Fsp3) is 0.292. The standard InChI is InChI=1S/C20H24Cl2N2O4.C4H4O4/c21-16-10-14(11-17(22)19(16)23)18(25)12-24-7-9-28-8-6-15(20(26)27)13-4-2-1-3-5-13;5-3(6)1-2-4(7)8/h1-5,10-11,15,18,24-25H,6-9,12,23H2,(H,26,27);1-2H,(H,5,6)(H,7,8)/b;2-1+. The number of nitrogen functional groups attached to an aromatic ring is 1. The minimum Gasteiger partial charge on any atom is -0.481 e. The summed E-state index contributed by atoms with van der Waals surface area (Å²) in [6.45, 7) is 1.54. The van der Waals surface area contributed by atoms with Crippen molar-refractivity contribution in [2.75, 3.05) is 32.0 Å². The maximum atomic E-state index is 11.4. The van der Waals surface area contributed by atoms with Crippen molar-refractivity contribution in [1.82, 2.24) is 5.32 Å². The second-order valence-corrected chi connectivity index (χ2v) is 8.14. The molecule has 0 aliphatic rings. The predicted molar refractivity (Wildman–Crippen MR) is 135 cm³/mol. The van der Waals surface area contributed by atoms with Gasteiger partial charge in [0.25, 0.3) is 0 Å². The average molecular weight is 543 g/mol. The zero-order valence-electron chi connectivity index (χ0n) is 19.1. The van der Waals surface area contributed by atoms with Gasteiger partial charge in [0, 0.05) is 31.8 Å². The fourth-order valence-corrected chi connectivity index (χ4v) is 3.37. The Morgan fingerprint density at radius 3 is 2.00 bits per heavy atom. The third-order valence-corrected chi connectivity index (χ3v) is 5.29. The number of carboxylic acid groups (broad SMARTS) is 3. The maximum Gasteiger partial charge on any atom is 0.328 e. The molecule has 2 unspecified atom stereocenters. The van der Waals surface area contributed by atoms with Crippen LogP contribution in [0.4, 0.5) is 5.69 Å². The smallest absolute Gasteiger partial charge is 0.328 e. The van der Waals surface area contributed by atoms with Gasteiger partial charge >= 0.3 is 17.9 Å². The molecule has 7 N–H and O–H groups in total. The number of aliphatic hydroxyl groups is 1. The lowest BCUT2D eigenvalue weighted by molar-refractivity contribution is -0.139. The highest BCUT2D eigenvalue weighted by Gasteiger charge is 2.19. The number of aliphatic carboxylic acids is 3. The highest BCUT2D eigenvalue weighted by atomic mass is 35.5. The molecule has 196 valence electrons. The van der Waals surface area contributed by atoms with E-state index in [1.54, 1.807) is 24.3 Å². The van der Waals surface area contributed by atoms with E-state index in [2.05, 4.69) is 5.32 Å². The molecule has 0 fully saturated rings. The Labute approximate surface area is 217 Å². The van der Waals surface area contributed by atoms with E-state index in [0.717, 1.165) is 5.56 Å². The molecule has 0 bridgehead atoms. The van der Waals surface area contributed by atoms with Crippen molar-refractivity contribution in [2.45, 2.75) is 18.4 Å². The Kier molecular flexibility index (Phi) is 14.2. The number of rotatable bonds is 13. The number of nitrogens with one attached hydrogen (secondary N) is 1. The van der Waals surface area contributed by atoms with Crippen LogP contribution in [0.2, 0.25) is 10.0 Å². The van der Waals surface area contributed by atoms with Crippen molar-refractivity contribution in [3.05, 3.63) is 75.8 Å². The number of carbonyl (C=O) groups is 3. The molecule has 0 heterocycles. The topological polar surface area (TPSA) is 179 Å². The van der Waals surface area contributed by atoms with Crippen LogP contribution in [0.5, 0.6) is 0 Å². The Hall–Kier alpha value is -3.15. The molecule has 2 rings (SSSR count). The number of benzene rings is 2. The third kappa shape index (κ3) is 12.0. The van der Waals surface area contributed by atoms with E-state index in [9.17, 15) is 24.6 Å². The Morgan fingerprint density at radius 1 is 0.944 bits per heavy atom. The van der Waals surface area contributed by atoms with Gasteiger partial charge in [-0.1, -0.05) is 53.5 Å². The third-order valence-electron chi connectivity index (χ3n) is 4.67. The van der Waals surface area contributed by atoms with Gasteiger partial charge in [0.2, 0.25) is 0 Å². The van der Waals surface area contributed by atoms with Gasteiger partial charge < -0.3 is 36.2 Å². The summed E-state index contributed by atoms with van der Waals surface area (Å²) in [7, 11) is 0. The number of anilines is 1. The number of ether oxygens (including phenoxy) is 1. The molecule has 0 aromatic heterocycles. The lowest BCUT2D eigenvalue weighted by Crippen LogP contribution is -2.25. The van der Waals surface area contributed by atoms with Gasteiger partial charge in [0.15, 0.2) is 0 Å². The van der Waals surface area contributed by atoms with Crippen LogP contribution in [0.3, 0.4) is 0 Å². The number of hydrogen-bond donors (Lipinski definition) is 6. The fourth-order valence-electron chi connectivity index (χ4n) is 2.86. The van der Waals surface area contributed by atoms with Crippen LogP contribution in [0.1, 0.15) is 29.6 Å². The molecule has 0 amide bonds. The summed E-state index contributed by atoms with van der Waals surface area (Å²) in [5.74, 6) is -3.97. The second kappa shape index (κ2) is 16.5. The summed E-state index contributed by atoms with van der Waals surface area (Å²) in [4.78, 5) is 30.5. The summed E-state index contributed by atoms with van der Waals surface area (Å²) >= 11 is 11.9.